The van der Waals surface area contributed by atoms with Gasteiger partial charge in [-0.1, -0.05) is 6.07 Å². The van der Waals surface area contributed by atoms with Crippen molar-refractivity contribution in [1.29, 1.82) is 0 Å². The van der Waals surface area contributed by atoms with Crippen LogP contribution in [0.1, 0.15) is 11.1 Å². The highest BCUT2D eigenvalue weighted by Gasteiger charge is 2.30. The lowest BCUT2D eigenvalue weighted by molar-refractivity contribution is -0.137. The monoisotopic (exact) mass is 317 g/mol. The number of hydrogen-bond acceptors (Lipinski definition) is 5. The van der Waals surface area contributed by atoms with Gasteiger partial charge in [0.15, 0.2) is 0 Å². The van der Waals surface area contributed by atoms with E-state index in [1.54, 1.807) is 14.0 Å². The number of aromatic nitrogens is 3. The fourth-order valence-electron chi connectivity index (χ4n) is 1.57. The SMILES string of the molecule is CNc1nc(Cl)nc(Nc2cc(C(F)(F)F)ccc2C)n1. The molecule has 0 bridgehead atoms. The van der Waals surface area contributed by atoms with Crippen molar-refractivity contribution >= 4 is 29.2 Å². The Kier molecular flexibility index (Phi) is 4.17. The van der Waals surface area contributed by atoms with E-state index in [1.807, 2.05) is 0 Å². The molecule has 0 aliphatic rings. The Bertz CT molecular complexity index is 660. The lowest BCUT2D eigenvalue weighted by atomic mass is 10.1. The summed E-state index contributed by atoms with van der Waals surface area (Å²) >= 11 is 5.72. The number of aryl methyl sites for hydroxylation is 1. The van der Waals surface area contributed by atoms with Gasteiger partial charge in [-0.05, 0) is 36.2 Å². The summed E-state index contributed by atoms with van der Waals surface area (Å²) in [6.07, 6.45) is -4.42. The summed E-state index contributed by atoms with van der Waals surface area (Å²) in [4.78, 5) is 11.6. The van der Waals surface area contributed by atoms with E-state index < -0.39 is 11.7 Å². The van der Waals surface area contributed by atoms with Gasteiger partial charge in [-0.3, -0.25) is 0 Å². The van der Waals surface area contributed by atoms with Crippen LogP contribution >= 0.6 is 11.6 Å². The number of alkyl halides is 3. The van der Waals surface area contributed by atoms with Crippen molar-refractivity contribution in [1.82, 2.24) is 15.0 Å². The van der Waals surface area contributed by atoms with Crippen LogP contribution in [0.25, 0.3) is 0 Å². The summed E-state index contributed by atoms with van der Waals surface area (Å²) in [5, 5.41) is 5.32. The Hall–Kier alpha value is -2.09. The lowest BCUT2D eigenvalue weighted by Gasteiger charge is -2.12. The number of benzene rings is 1. The van der Waals surface area contributed by atoms with Crippen LogP contribution in [0.2, 0.25) is 5.28 Å². The first-order valence-corrected chi connectivity index (χ1v) is 6.21. The van der Waals surface area contributed by atoms with Gasteiger partial charge in [-0.15, -0.1) is 0 Å². The molecule has 0 atom stereocenters. The van der Waals surface area contributed by atoms with Crippen molar-refractivity contribution in [2.45, 2.75) is 13.1 Å². The first kappa shape index (κ1) is 15.3. The summed E-state index contributed by atoms with van der Waals surface area (Å²) in [5.74, 6) is 0.268. The van der Waals surface area contributed by atoms with Crippen molar-refractivity contribution in [3.05, 3.63) is 34.6 Å². The minimum Gasteiger partial charge on any atom is -0.357 e. The van der Waals surface area contributed by atoms with Gasteiger partial charge in [0.25, 0.3) is 0 Å². The van der Waals surface area contributed by atoms with Gasteiger partial charge in [0.05, 0.1) is 5.56 Å². The molecule has 0 unspecified atom stereocenters. The molecule has 0 saturated heterocycles. The van der Waals surface area contributed by atoms with Gasteiger partial charge in [0.1, 0.15) is 0 Å². The van der Waals surface area contributed by atoms with Crippen molar-refractivity contribution in [2.24, 2.45) is 0 Å². The molecular weight excluding hydrogens is 307 g/mol. The number of rotatable bonds is 3. The molecule has 112 valence electrons. The van der Waals surface area contributed by atoms with E-state index in [1.165, 1.54) is 6.07 Å². The van der Waals surface area contributed by atoms with Crippen molar-refractivity contribution in [3.8, 4) is 0 Å². The second kappa shape index (κ2) is 5.72. The number of hydrogen-bond donors (Lipinski definition) is 2. The van der Waals surface area contributed by atoms with Gasteiger partial charge < -0.3 is 10.6 Å². The molecule has 5 nitrogen and oxygen atoms in total. The first-order chi connectivity index (χ1) is 9.79. The minimum absolute atomic E-state index is 0.0572. The van der Waals surface area contributed by atoms with Gasteiger partial charge in [0.2, 0.25) is 17.2 Å². The molecule has 1 aromatic carbocycles. The van der Waals surface area contributed by atoms with Crippen LogP contribution in [-0.4, -0.2) is 22.0 Å². The maximum atomic E-state index is 12.7. The Balaban J connectivity index is 2.37. The molecule has 9 heteroatoms. The summed E-state index contributed by atoms with van der Waals surface area (Å²) < 4.78 is 38.2. The third-order valence-corrected chi connectivity index (χ3v) is 2.81. The number of nitrogens with zero attached hydrogens (tertiary/aromatic N) is 3. The maximum Gasteiger partial charge on any atom is 0.416 e. The molecule has 2 N–H and O–H groups in total. The van der Waals surface area contributed by atoms with E-state index in [-0.39, 0.29) is 22.9 Å². The molecule has 0 fully saturated rings. The van der Waals surface area contributed by atoms with Crippen molar-refractivity contribution < 1.29 is 13.2 Å². The molecule has 0 aliphatic heterocycles. The number of nitrogens with one attached hydrogen (secondary N) is 2. The predicted octanol–water partition coefficient (Wildman–Crippen LogP) is 3.64. The van der Waals surface area contributed by atoms with E-state index in [9.17, 15) is 13.2 Å². The summed E-state index contributed by atoms with van der Waals surface area (Å²) in [6, 6.07) is 3.37. The molecule has 1 aromatic heterocycles. The molecule has 0 amide bonds. The zero-order valence-corrected chi connectivity index (χ0v) is 11.8. The van der Waals surface area contributed by atoms with Gasteiger partial charge in [0, 0.05) is 12.7 Å². The van der Waals surface area contributed by atoms with Crippen molar-refractivity contribution in [2.75, 3.05) is 17.7 Å². The van der Waals surface area contributed by atoms with Crippen LogP contribution in [0.5, 0.6) is 0 Å². The highest BCUT2D eigenvalue weighted by molar-refractivity contribution is 6.28. The van der Waals surface area contributed by atoms with E-state index in [0.717, 1.165) is 12.1 Å². The van der Waals surface area contributed by atoms with Gasteiger partial charge in [-0.25, -0.2) is 0 Å². The van der Waals surface area contributed by atoms with Crippen molar-refractivity contribution in [3.63, 3.8) is 0 Å². The van der Waals surface area contributed by atoms with Gasteiger partial charge >= 0.3 is 6.18 Å². The van der Waals surface area contributed by atoms with Crippen LogP contribution < -0.4 is 10.6 Å². The zero-order valence-electron chi connectivity index (χ0n) is 11.1. The quantitative estimate of drug-likeness (QED) is 0.905. The first-order valence-electron chi connectivity index (χ1n) is 5.84. The second-order valence-corrected chi connectivity index (χ2v) is 4.49. The molecule has 2 rings (SSSR count). The fourth-order valence-corrected chi connectivity index (χ4v) is 1.73. The van der Waals surface area contributed by atoms with Gasteiger partial charge in [-0.2, -0.15) is 28.1 Å². The average molecular weight is 318 g/mol. The number of anilines is 3. The van der Waals surface area contributed by atoms with Crippen LogP contribution in [-0.2, 0) is 6.18 Å². The van der Waals surface area contributed by atoms with E-state index >= 15 is 0 Å². The topological polar surface area (TPSA) is 62.7 Å². The Labute approximate surface area is 123 Å². The summed E-state index contributed by atoms with van der Waals surface area (Å²) in [6.45, 7) is 1.67. The van der Waals surface area contributed by atoms with E-state index in [2.05, 4.69) is 25.6 Å². The summed E-state index contributed by atoms with van der Waals surface area (Å²) in [5.41, 5.74) is 0.101. The third-order valence-electron chi connectivity index (χ3n) is 2.64. The highest BCUT2D eigenvalue weighted by Crippen LogP contribution is 2.32. The van der Waals surface area contributed by atoms with Crippen LogP contribution in [0.3, 0.4) is 0 Å². The van der Waals surface area contributed by atoms with E-state index in [4.69, 9.17) is 11.6 Å². The molecule has 2 aromatic rings. The molecule has 0 aliphatic carbocycles. The molecular formula is C12H11ClF3N5. The normalized spacial score (nSPS) is 11.3. The molecule has 0 saturated carbocycles. The van der Waals surface area contributed by atoms with Crippen LogP contribution in [0, 0.1) is 6.92 Å². The smallest absolute Gasteiger partial charge is 0.357 e. The second-order valence-electron chi connectivity index (χ2n) is 4.15. The fraction of sp³-hybridized carbons (Fsp3) is 0.250. The van der Waals surface area contributed by atoms with Crippen LogP contribution in [0.4, 0.5) is 30.8 Å². The van der Waals surface area contributed by atoms with E-state index in [0.29, 0.717) is 5.56 Å². The Morgan fingerprint density at radius 2 is 1.76 bits per heavy atom. The molecule has 1 heterocycles. The predicted molar refractivity (Wildman–Crippen MR) is 73.8 cm³/mol. The molecule has 0 spiro atoms. The summed E-state index contributed by atoms with van der Waals surface area (Å²) in [7, 11) is 1.59. The Morgan fingerprint density at radius 1 is 1.10 bits per heavy atom. The minimum atomic E-state index is -4.42. The largest absolute Gasteiger partial charge is 0.416 e. The number of halogens is 4. The standard InChI is InChI=1S/C12H11ClF3N5/c1-6-3-4-7(12(14,15)16)5-8(6)18-11-20-9(13)19-10(17-2)21-11/h3-5H,1-2H3,(H2,17,18,19,20,21). The maximum absolute atomic E-state index is 12.7. The zero-order chi connectivity index (χ0) is 15.6. The lowest BCUT2D eigenvalue weighted by Crippen LogP contribution is -2.08. The highest BCUT2D eigenvalue weighted by atomic mass is 35.5. The molecule has 0 radical (unpaired) electrons. The average Bonchev–Trinajstić information content (AvgIpc) is 2.39. The van der Waals surface area contributed by atoms with Crippen LogP contribution in [0.15, 0.2) is 18.2 Å². The Morgan fingerprint density at radius 3 is 2.38 bits per heavy atom. The molecule has 21 heavy (non-hydrogen) atoms. The third kappa shape index (κ3) is 3.72.